The van der Waals surface area contributed by atoms with Gasteiger partial charge >= 0.3 is 0 Å². The summed E-state index contributed by atoms with van der Waals surface area (Å²) in [6, 6.07) is 6.37. The minimum absolute atomic E-state index is 0.0293. The molecule has 0 unspecified atom stereocenters. The van der Waals surface area contributed by atoms with Gasteiger partial charge in [0.25, 0.3) is 0 Å². The van der Waals surface area contributed by atoms with Crippen molar-refractivity contribution in [2.45, 2.75) is 43.2 Å². The van der Waals surface area contributed by atoms with Crippen molar-refractivity contribution in [2.75, 3.05) is 6.61 Å². The van der Waals surface area contributed by atoms with Crippen LogP contribution >= 0.6 is 0 Å². The summed E-state index contributed by atoms with van der Waals surface area (Å²) in [7, 11) is 0. The van der Waals surface area contributed by atoms with Crippen LogP contribution in [0.3, 0.4) is 0 Å². The molecule has 0 spiro atoms. The number of phenols is 3. The van der Waals surface area contributed by atoms with Crippen LogP contribution in [0.15, 0.2) is 30.3 Å². The normalized spacial score (nSPS) is 29.8. The molecular formula is C21H22O11. The van der Waals surface area contributed by atoms with E-state index in [1.165, 1.54) is 24.3 Å². The van der Waals surface area contributed by atoms with Gasteiger partial charge in [0.1, 0.15) is 53.3 Å². The largest absolute Gasteiger partial charge is 0.507 e. The second kappa shape index (κ2) is 8.45. The van der Waals surface area contributed by atoms with Crippen LogP contribution in [-0.2, 0) is 4.74 Å². The number of aliphatic hydroxyl groups excluding tert-OH is 4. The molecule has 2 heterocycles. The van der Waals surface area contributed by atoms with Crippen LogP contribution in [0.25, 0.3) is 0 Å². The smallest absolute Gasteiger partial charge is 0.229 e. The maximum atomic E-state index is 12.6. The number of carbonyl (C=O) groups is 1. The maximum absolute atomic E-state index is 12.6. The van der Waals surface area contributed by atoms with E-state index < -0.39 is 54.9 Å². The van der Waals surface area contributed by atoms with Crippen LogP contribution in [0.5, 0.6) is 28.7 Å². The number of hydrogen-bond acceptors (Lipinski definition) is 11. The number of Topliss-reactive ketones (excluding diaryl/α,β-unsaturated/α-hetero) is 1. The highest BCUT2D eigenvalue weighted by Gasteiger charge is 2.45. The fourth-order valence-corrected chi connectivity index (χ4v) is 3.71. The SMILES string of the molecule is O=C1C[C@H](c2ccc(O)c(O)c2)Oc2cc(O[C@H]3O[C@@H](CO)[C@@H](O)[C@@H](O)[C@H]3O)cc(O)c21. The maximum Gasteiger partial charge on any atom is 0.229 e. The van der Waals surface area contributed by atoms with E-state index >= 15 is 0 Å². The lowest BCUT2D eigenvalue weighted by Gasteiger charge is -2.39. The highest BCUT2D eigenvalue weighted by Crippen LogP contribution is 2.43. The van der Waals surface area contributed by atoms with Crippen LogP contribution in [0, 0.1) is 0 Å². The molecule has 0 aromatic heterocycles. The summed E-state index contributed by atoms with van der Waals surface area (Å²) in [5.74, 6) is -1.69. The second-order valence-electron chi connectivity index (χ2n) is 7.61. The van der Waals surface area contributed by atoms with Crippen molar-refractivity contribution in [1.82, 2.24) is 0 Å². The van der Waals surface area contributed by atoms with Gasteiger partial charge in [-0.3, -0.25) is 4.79 Å². The standard InChI is InChI=1S/C21H22O11/c22-7-16-18(27)19(28)20(29)21(32-16)30-9-4-12(25)17-13(26)6-14(31-15(17)5-9)8-1-2-10(23)11(24)3-8/h1-5,14,16,18-25,27-29H,6-7H2/t14-,16+,18-,19-,20-,21+/m1/s1. The Kier molecular flexibility index (Phi) is 5.84. The van der Waals surface area contributed by atoms with E-state index in [0.29, 0.717) is 5.56 Å². The zero-order chi connectivity index (χ0) is 23.2. The molecule has 4 rings (SSSR count). The monoisotopic (exact) mass is 450 g/mol. The van der Waals surface area contributed by atoms with Gasteiger partial charge in [0.2, 0.25) is 6.29 Å². The Labute approximate surface area is 181 Å². The molecule has 2 aromatic rings. The molecule has 0 saturated carbocycles. The molecule has 172 valence electrons. The summed E-state index contributed by atoms with van der Waals surface area (Å²) >= 11 is 0. The number of fused-ring (bicyclic) bond motifs is 1. The van der Waals surface area contributed by atoms with E-state index in [1.807, 2.05) is 0 Å². The minimum Gasteiger partial charge on any atom is -0.507 e. The number of aliphatic hydroxyl groups is 4. The molecule has 0 aliphatic carbocycles. The van der Waals surface area contributed by atoms with Gasteiger partial charge < -0.3 is 50.0 Å². The fourth-order valence-electron chi connectivity index (χ4n) is 3.71. The number of ketones is 1. The molecule has 2 aliphatic heterocycles. The molecule has 11 heteroatoms. The average Bonchev–Trinajstić information content (AvgIpc) is 2.75. The molecule has 2 aliphatic rings. The Morgan fingerprint density at radius 1 is 0.938 bits per heavy atom. The molecule has 0 radical (unpaired) electrons. The summed E-state index contributed by atoms with van der Waals surface area (Å²) < 4.78 is 16.6. The molecule has 32 heavy (non-hydrogen) atoms. The van der Waals surface area contributed by atoms with E-state index in [1.54, 1.807) is 0 Å². The quantitative estimate of drug-likeness (QED) is 0.303. The lowest BCUT2D eigenvalue weighted by molar-refractivity contribution is -0.277. The summed E-state index contributed by atoms with van der Waals surface area (Å²) in [6.07, 6.45) is -8.50. The molecule has 0 bridgehead atoms. The lowest BCUT2D eigenvalue weighted by Crippen LogP contribution is -2.60. The predicted molar refractivity (Wildman–Crippen MR) is 105 cm³/mol. The minimum atomic E-state index is -1.67. The number of carbonyl (C=O) groups excluding carboxylic acids is 1. The highest BCUT2D eigenvalue weighted by molar-refractivity contribution is 6.02. The van der Waals surface area contributed by atoms with Crippen LogP contribution in [0.4, 0.5) is 0 Å². The van der Waals surface area contributed by atoms with Crippen molar-refractivity contribution < 1.29 is 54.8 Å². The Morgan fingerprint density at radius 3 is 2.38 bits per heavy atom. The molecular weight excluding hydrogens is 428 g/mol. The van der Waals surface area contributed by atoms with Gasteiger partial charge in [-0.15, -0.1) is 0 Å². The van der Waals surface area contributed by atoms with Gasteiger partial charge in [-0.05, 0) is 17.7 Å². The summed E-state index contributed by atoms with van der Waals surface area (Å²) in [5, 5.41) is 68.8. The van der Waals surface area contributed by atoms with E-state index in [2.05, 4.69) is 0 Å². The molecule has 11 nitrogen and oxygen atoms in total. The van der Waals surface area contributed by atoms with Crippen molar-refractivity contribution in [2.24, 2.45) is 0 Å². The van der Waals surface area contributed by atoms with Gasteiger partial charge in [0.15, 0.2) is 17.3 Å². The van der Waals surface area contributed by atoms with Gasteiger partial charge in [-0.1, -0.05) is 6.07 Å². The van der Waals surface area contributed by atoms with Gasteiger partial charge in [0.05, 0.1) is 13.0 Å². The predicted octanol–water partition coefficient (Wildman–Crippen LogP) is -0.311. The molecule has 1 fully saturated rings. The van der Waals surface area contributed by atoms with Crippen LogP contribution < -0.4 is 9.47 Å². The molecule has 1 saturated heterocycles. The van der Waals surface area contributed by atoms with E-state index in [0.717, 1.165) is 6.07 Å². The number of rotatable bonds is 4. The third kappa shape index (κ3) is 3.92. The first-order valence-electron chi connectivity index (χ1n) is 9.75. The number of benzene rings is 2. The summed E-state index contributed by atoms with van der Waals surface area (Å²) in [4.78, 5) is 12.6. The first-order valence-corrected chi connectivity index (χ1v) is 9.75. The van der Waals surface area contributed by atoms with Gasteiger partial charge in [0, 0.05) is 12.1 Å². The first kappa shape index (κ1) is 22.1. The molecule has 2 aromatic carbocycles. The average molecular weight is 450 g/mol. The Morgan fingerprint density at radius 2 is 1.69 bits per heavy atom. The van der Waals surface area contributed by atoms with Gasteiger partial charge in [-0.2, -0.15) is 0 Å². The number of ether oxygens (including phenoxy) is 3. The highest BCUT2D eigenvalue weighted by atomic mass is 16.7. The van der Waals surface area contributed by atoms with Crippen LogP contribution in [0.2, 0.25) is 0 Å². The molecule has 6 atom stereocenters. The lowest BCUT2D eigenvalue weighted by atomic mass is 9.95. The number of hydrogen-bond donors (Lipinski definition) is 7. The van der Waals surface area contributed by atoms with Crippen LogP contribution in [0.1, 0.15) is 28.4 Å². The van der Waals surface area contributed by atoms with Gasteiger partial charge in [-0.25, -0.2) is 0 Å². The molecule has 0 amide bonds. The van der Waals surface area contributed by atoms with Crippen molar-refractivity contribution in [3.63, 3.8) is 0 Å². The van der Waals surface area contributed by atoms with E-state index in [9.17, 15) is 40.5 Å². The second-order valence-corrected chi connectivity index (χ2v) is 7.61. The van der Waals surface area contributed by atoms with Crippen molar-refractivity contribution in [1.29, 1.82) is 0 Å². The van der Waals surface area contributed by atoms with Crippen molar-refractivity contribution in [3.05, 3.63) is 41.5 Å². The first-order chi connectivity index (χ1) is 15.2. The third-order valence-corrected chi connectivity index (χ3v) is 5.45. The Hall–Kier alpha value is -3.09. The number of phenolic OH excluding ortho intramolecular Hbond substituents is 3. The number of aromatic hydroxyl groups is 3. The topological polar surface area (TPSA) is 186 Å². The van der Waals surface area contributed by atoms with Crippen molar-refractivity contribution in [3.8, 4) is 28.7 Å². The molecule has 7 N–H and O–H groups in total. The van der Waals surface area contributed by atoms with Crippen molar-refractivity contribution >= 4 is 5.78 Å². The van der Waals surface area contributed by atoms with E-state index in [4.69, 9.17) is 14.2 Å². The Balaban J connectivity index is 1.60. The summed E-state index contributed by atoms with van der Waals surface area (Å²) in [6.45, 7) is -0.640. The fraction of sp³-hybridized carbons (Fsp3) is 0.381. The van der Waals surface area contributed by atoms with Crippen LogP contribution in [-0.4, -0.2) is 78.8 Å². The van der Waals surface area contributed by atoms with E-state index in [-0.39, 0.29) is 35.0 Å². The third-order valence-electron chi connectivity index (χ3n) is 5.45. The zero-order valence-electron chi connectivity index (χ0n) is 16.5. The zero-order valence-corrected chi connectivity index (χ0v) is 16.5. The summed E-state index contributed by atoms with van der Waals surface area (Å²) in [5.41, 5.74) is 0.337. The Bertz CT molecular complexity index is 1020.